The summed E-state index contributed by atoms with van der Waals surface area (Å²) in [6.45, 7) is 2.06. The van der Waals surface area contributed by atoms with E-state index in [0.717, 1.165) is 12.2 Å². The van der Waals surface area contributed by atoms with E-state index < -0.39 is 0 Å². The van der Waals surface area contributed by atoms with Gasteiger partial charge in [0, 0.05) is 12.0 Å². The Morgan fingerprint density at radius 1 is 1.26 bits per heavy atom. The number of ether oxygens (including phenoxy) is 1. The number of nitrogens with zero attached hydrogens (tertiary/aromatic N) is 2. The van der Waals surface area contributed by atoms with Crippen LogP contribution < -0.4 is 4.74 Å². The number of rotatable bonds is 1. The maximum atomic E-state index is 5.93. The molecule has 4 rings (SSSR count). The Bertz CT molecular complexity index is 635. The van der Waals surface area contributed by atoms with Gasteiger partial charge in [-0.15, -0.1) is 11.3 Å². The number of benzene rings is 1. The summed E-state index contributed by atoms with van der Waals surface area (Å²) in [4.78, 5) is 1.26. The van der Waals surface area contributed by atoms with E-state index in [9.17, 15) is 0 Å². The summed E-state index contributed by atoms with van der Waals surface area (Å²) >= 11 is 1.75. The van der Waals surface area contributed by atoms with E-state index in [2.05, 4.69) is 41.6 Å². The fraction of sp³-hybridized carbons (Fsp3) is 0.267. The molecule has 0 spiro atoms. The monoisotopic (exact) mass is 270 g/mol. The van der Waals surface area contributed by atoms with Crippen LogP contribution in [0.2, 0.25) is 0 Å². The molecule has 2 atom stereocenters. The molecule has 3 heterocycles. The van der Waals surface area contributed by atoms with Gasteiger partial charge in [-0.05, 0) is 24.4 Å². The van der Waals surface area contributed by atoms with Crippen LogP contribution in [0.5, 0.6) is 5.75 Å². The van der Waals surface area contributed by atoms with E-state index in [1.807, 2.05) is 12.1 Å². The maximum absolute atomic E-state index is 5.93. The summed E-state index contributed by atoms with van der Waals surface area (Å²) in [6, 6.07) is 12.8. The topological polar surface area (TPSA) is 24.8 Å². The number of hydrazone groups is 1. The Kier molecular flexibility index (Phi) is 2.38. The van der Waals surface area contributed by atoms with Gasteiger partial charge in [0.05, 0.1) is 16.6 Å². The third kappa shape index (κ3) is 1.67. The van der Waals surface area contributed by atoms with Gasteiger partial charge in [-0.2, -0.15) is 5.10 Å². The molecule has 1 aromatic carbocycles. The van der Waals surface area contributed by atoms with E-state index in [0.29, 0.717) is 6.04 Å². The molecule has 0 aliphatic carbocycles. The second kappa shape index (κ2) is 4.10. The Labute approximate surface area is 116 Å². The fourth-order valence-electron chi connectivity index (χ4n) is 2.81. The molecule has 0 amide bonds. The Morgan fingerprint density at radius 2 is 2.16 bits per heavy atom. The highest BCUT2D eigenvalue weighted by Crippen LogP contribution is 2.42. The van der Waals surface area contributed by atoms with Gasteiger partial charge < -0.3 is 4.74 Å². The zero-order chi connectivity index (χ0) is 12.8. The molecule has 96 valence electrons. The van der Waals surface area contributed by atoms with Crippen molar-refractivity contribution >= 4 is 17.0 Å². The standard InChI is InChI=1S/C15H14N2OS/c1-10-17-13(11-5-2-3-6-14(11)18-10)9-12(16-17)15-7-4-8-19-15/h2-8,10,13H,9H2,1H3. The van der Waals surface area contributed by atoms with Gasteiger partial charge in [-0.1, -0.05) is 24.3 Å². The molecule has 4 heteroatoms. The molecule has 2 aliphatic heterocycles. The Hall–Kier alpha value is -1.81. The average molecular weight is 270 g/mol. The van der Waals surface area contributed by atoms with Crippen molar-refractivity contribution in [1.29, 1.82) is 0 Å². The molecular weight excluding hydrogens is 256 g/mol. The minimum Gasteiger partial charge on any atom is -0.469 e. The summed E-state index contributed by atoms with van der Waals surface area (Å²) in [5, 5.41) is 8.96. The molecule has 19 heavy (non-hydrogen) atoms. The number of fused-ring (bicyclic) bond motifs is 3. The number of hydrogen-bond acceptors (Lipinski definition) is 4. The first kappa shape index (κ1) is 11.1. The lowest BCUT2D eigenvalue weighted by atomic mass is 9.99. The lowest BCUT2D eigenvalue weighted by Gasteiger charge is -2.36. The van der Waals surface area contributed by atoms with Gasteiger partial charge >= 0.3 is 0 Å². The third-order valence-electron chi connectivity index (χ3n) is 3.70. The predicted molar refractivity (Wildman–Crippen MR) is 76.6 cm³/mol. The highest BCUT2D eigenvalue weighted by Gasteiger charge is 2.38. The van der Waals surface area contributed by atoms with Crippen LogP contribution in [0.15, 0.2) is 46.9 Å². The van der Waals surface area contributed by atoms with Crippen molar-refractivity contribution in [3.63, 3.8) is 0 Å². The summed E-state index contributed by atoms with van der Waals surface area (Å²) in [7, 11) is 0. The summed E-state index contributed by atoms with van der Waals surface area (Å²) in [5.74, 6) is 0.999. The molecule has 2 aromatic rings. The maximum Gasteiger partial charge on any atom is 0.185 e. The van der Waals surface area contributed by atoms with Crippen LogP contribution in [0.1, 0.15) is 29.8 Å². The van der Waals surface area contributed by atoms with Crippen LogP contribution in [-0.4, -0.2) is 16.9 Å². The Morgan fingerprint density at radius 3 is 3.00 bits per heavy atom. The summed E-state index contributed by atoms with van der Waals surface area (Å²) in [6.07, 6.45) is 0.961. The molecule has 0 saturated heterocycles. The number of para-hydroxylation sites is 1. The third-order valence-corrected chi connectivity index (χ3v) is 4.61. The summed E-state index contributed by atoms with van der Waals surface area (Å²) in [5.41, 5.74) is 2.42. The van der Waals surface area contributed by atoms with E-state index >= 15 is 0 Å². The van der Waals surface area contributed by atoms with E-state index in [4.69, 9.17) is 9.84 Å². The van der Waals surface area contributed by atoms with Gasteiger partial charge in [-0.25, -0.2) is 0 Å². The van der Waals surface area contributed by atoms with Crippen LogP contribution in [0.25, 0.3) is 0 Å². The number of hydrogen-bond donors (Lipinski definition) is 0. The lowest BCUT2D eigenvalue weighted by molar-refractivity contribution is -0.00334. The minimum absolute atomic E-state index is 0.00244. The Balaban J connectivity index is 1.75. The van der Waals surface area contributed by atoms with Crippen LogP contribution >= 0.6 is 11.3 Å². The van der Waals surface area contributed by atoms with Crippen LogP contribution in [0.3, 0.4) is 0 Å². The van der Waals surface area contributed by atoms with Crippen molar-refractivity contribution in [3.05, 3.63) is 52.2 Å². The normalized spacial score (nSPS) is 24.5. The van der Waals surface area contributed by atoms with E-state index in [-0.39, 0.29) is 6.23 Å². The van der Waals surface area contributed by atoms with Gasteiger partial charge in [-0.3, -0.25) is 5.01 Å². The molecule has 2 aliphatic rings. The molecule has 3 nitrogen and oxygen atoms in total. The fourth-order valence-corrected chi connectivity index (χ4v) is 3.53. The first-order chi connectivity index (χ1) is 9.33. The largest absolute Gasteiger partial charge is 0.469 e. The van der Waals surface area contributed by atoms with Crippen molar-refractivity contribution < 1.29 is 4.74 Å². The molecule has 2 unspecified atom stereocenters. The molecule has 0 N–H and O–H groups in total. The van der Waals surface area contributed by atoms with Crippen molar-refractivity contribution in [1.82, 2.24) is 5.01 Å². The SMILES string of the molecule is CC1Oc2ccccc2C2CC(c3cccs3)=NN12. The van der Waals surface area contributed by atoms with Crippen molar-refractivity contribution in [2.45, 2.75) is 25.6 Å². The van der Waals surface area contributed by atoms with Gasteiger partial charge in [0.2, 0.25) is 0 Å². The lowest BCUT2D eigenvalue weighted by Crippen LogP contribution is -2.37. The summed E-state index contributed by atoms with van der Waals surface area (Å²) < 4.78 is 5.93. The van der Waals surface area contributed by atoms with Crippen LogP contribution in [0, 0.1) is 0 Å². The molecule has 0 bridgehead atoms. The first-order valence-electron chi connectivity index (χ1n) is 6.48. The second-order valence-corrected chi connectivity index (χ2v) is 5.83. The van der Waals surface area contributed by atoms with E-state index in [1.54, 1.807) is 11.3 Å². The van der Waals surface area contributed by atoms with E-state index in [1.165, 1.54) is 16.2 Å². The average Bonchev–Trinajstić information content (AvgIpc) is 3.08. The van der Waals surface area contributed by atoms with Crippen molar-refractivity contribution in [3.8, 4) is 5.75 Å². The van der Waals surface area contributed by atoms with Gasteiger partial charge in [0.1, 0.15) is 5.75 Å². The molecule has 0 saturated carbocycles. The zero-order valence-corrected chi connectivity index (χ0v) is 11.4. The molecule has 1 aromatic heterocycles. The van der Waals surface area contributed by atoms with Crippen LogP contribution in [0.4, 0.5) is 0 Å². The predicted octanol–water partition coefficient (Wildman–Crippen LogP) is 3.64. The second-order valence-electron chi connectivity index (χ2n) is 4.88. The van der Waals surface area contributed by atoms with Gasteiger partial charge in [0.25, 0.3) is 0 Å². The quantitative estimate of drug-likeness (QED) is 0.790. The molecule has 0 fully saturated rings. The highest BCUT2D eigenvalue weighted by atomic mass is 32.1. The molecular formula is C15H14N2OS. The first-order valence-corrected chi connectivity index (χ1v) is 7.36. The number of thiophene rings is 1. The van der Waals surface area contributed by atoms with Crippen molar-refractivity contribution in [2.24, 2.45) is 5.10 Å². The minimum atomic E-state index is -0.00244. The molecule has 0 radical (unpaired) electrons. The zero-order valence-electron chi connectivity index (χ0n) is 10.6. The smallest absolute Gasteiger partial charge is 0.185 e. The van der Waals surface area contributed by atoms with Crippen molar-refractivity contribution in [2.75, 3.05) is 0 Å². The van der Waals surface area contributed by atoms with Gasteiger partial charge in [0.15, 0.2) is 6.23 Å². The van der Waals surface area contributed by atoms with Crippen LogP contribution in [-0.2, 0) is 0 Å². The highest BCUT2D eigenvalue weighted by molar-refractivity contribution is 7.12.